The molecule has 0 spiro atoms. The predicted molar refractivity (Wildman–Crippen MR) is 296 cm³/mol. The second-order valence-corrected chi connectivity index (χ2v) is 19.5. The lowest BCUT2D eigenvalue weighted by atomic mass is 10.1. The maximum absolute atomic E-state index is 13.8. The van der Waals surface area contributed by atoms with E-state index in [4.69, 9.17) is 14.2 Å². The van der Waals surface area contributed by atoms with E-state index in [0.29, 0.717) is 44.2 Å². The van der Waals surface area contributed by atoms with Crippen molar-refractivity contribution in [3.8, 4) is 5.75 Å². The van der Waals surface area contributed by atoms with Gasteiger partial charge in [-0.05, 0) is 114 Å². The molecule has 3 N–H and O–H groups in total. The fourth-order valence-electron chi connectivity index (χ4n) is 8.65. The van der Waals surface area contributed by atoms with Crippen LogP contribution in [-0.2, 0) is 19.1 Å². The quantitative estimate of drug-likeness (QED) is 0.0439. The van der Waals surface area contributed by atoms with E-state index in [1.807, 2.05) is 11.8 Å². The van der Waals surface area contributed by atoms with E-state index in [0.717, 1.165) is 45.3 Å². The van der Waals surface area contributed by atoms with Crippen LogP contribution in [0, 0.1) is 0 Å². The summed E-state index contributed by atoms with van der Waals surface area (Å²) in [4.78, 5) is 41.5. The smallest absolute Gasteiger partial charge is 0.251 e. The normalized spacial score (nSPS) is 12.0. The van der Waals surface area contributed by atoms with Crippen molar-refractivity contribution in [3.63, 3.8) is 0 Å². The van der Waals surface area contributed by atoms with E-state index in [1.165, 1.54) is 173 Å². The molecule has 1 unspecified atom stereocenters. The Morgan fingerprint density at radius 1 is 0.500 bits per heavy atom. The topological polar surface area (TPSA) is 118 Å². The van der Waals surface area contributed by atoms with Crippen LogP contribution in [0.15, 0.2) is 48.6 Å². The number of nitrogens with one attached hydrogen (secondary N) is 3. The Kier molecular flexibility index (Phi) is 47.0. The first-order chi connectivity index (χ1) is 34.5. The highest BCUT2D eigenvalue weighted by atomic mass is 16.5. The minimum atomic E-state index is -0.662. The summed E-state index contributed by atoms with van der Waals surface area (Å²) in [5.41, 5.74) is 0.516. The third-order valence-electron chi connectivity index (χ3n) is 13.1. The number of ether oxygens (including phenoxy) is 3. The Morgan fingerprint density at radius 3 is 1.36 bits per heavy atom. The van der Waals surface area contributed by atoms with E-state index in [9.17, 15) is 14.4 Å². The van der Waals surface area contributed by atoms with Crippen LogP contribution in [0.3, 0.4) is 0 Å². The van der Waals surface area contributed by atoms with Crippen LogP contribution in [0.4, 0.5) is 0 Å². The summed E-state index contributed by atoms with van der Waals surface area (Å²) in [6.45, 7) is 11.7. The van der Waals surface area contributed by atoms with Gasteiger partial charge < -0.3 is 35.1 Å². The highest BCUT2D eigenvalue weighted by Crippen LogP contribution is 2.14. The third kappa shape index (κ3) is 40.4. The second-order valence-electron chi connectivity index (χ2n) is 19.5. The predicted octanol–water partition coefficient (Wildman–Crippen LogP) is 14.4. The second kappa shape index (κ2) is 50.7. The number of nitrogens with zero attached hydrogens (tertiary/aromatic N) is 1. The van der Waals surface area contributed by atoms with Gasteiger partial charge in [0.25, 0.3) is 5.91 Å². The molecule has 1 aromatic carbocycles. The van der Waals surface area contributed by atoms with Crippen molar-refractivity contribution in [1.29, 1.82) is 0 Å². The summed E-state index contributed by atoms with van der Waals surface area (Å²) >= 11 is 0. The van der Waals surface area contributed by atoms with Crippen LogP contribution in [-0.4, -0.2) is 94.9 Å². The molecule has 0 saturated heterocycles. The van der Waals surface area contributed by atoms with Crippen LogP contribution in [0.2, 0.25) is 0 Å². The molecule has 0 bridgehead atoms. The van der Waals surface area contributed by atoms with E-state index < -0.39 is 6.04 Å². The molecule has 0 fully saturated rings. The molecule has 3 amide bonds. The molecule has 0 aliphatic rings. The number of likely N-dealkylation sites (N-methyl/N-ethyl adjacent to an activating group) is 1. The Morgan fingerprint density at radius 2 is 0.900 bits per heavy atom. The first-order valence-corrected chi connectivity index (χ1v) is 29.1. The number of benzene rings is 1. The van der Waals surface area contributed by atoms with Crippen LogP contribution in [0.5, 0.6) is 5.75 Å². The molecule has 0 aromatic heterocycles. The van der Waals surface area contributed by atoms with Crippen molar-refractivity contribution < 1.29 is 28.6 Å². The highest BCUT2D eigenvalue weighted by molar-refractivity contribution is 5.94. The van der Waals surface area contributed by atoms with Gasteiger partial charge in [-0.25, -0.2) is 0 Å². The maximum Gasteiger partial charge on any atom is 0.251 e. The molecule has 0 saturated carbocycles. The number of hydrogen-bond acceptors (Lipinski definition) is 7. The lowest BCUT2D eigenvalue weighted by Gasteiger charge is -2.25. The Hall–Kier alpha value is -3.21. The van der Waals surface area contributed by atoms with Gasteiger partial charge in [-0.15, -0.1) is 0 Å². The molecule has 0 heterocycles. The summed E-state index contributed by atoms with van der Waals surface area (Å²) in [6, 6.07) is 6.22. The monoisotopic (exact) mass is 981 g/mol. The lowest BCUT2D eigenvalue weighted by molar-refractivity contribution is -0.135. The van der Waals surface area contributed by atoms with Crippen molar-refractivity contribution in [2.45, 2.75) is 239 Å². The first kappa shape index (κ1) is 64.8. The maximum atomic E-state index is 13.8. The van der Waals surface area contributed by atoms with Gasteiger partial charge in [0.05, 0.1) is 19.6 Å². The molecule has 0 aliphatic carbocycles. The summed E-state index contributed by atoms with van der Waals surface area (Å²) in [5.74, 6) is 0.168. The van der Waals surface area contributed by atoms with Crippen molar-refractivity contribution >= 4 is 17.7 Å². The Labute approximate surface area is 430 Å². The highest BCUT2D eigenvalue weighted by Gasteiger charge is 2.24. The van der Waals surface area contributed by atoms with Crippen LogP contribution in [0.1, 0.15) is 243 Å². The molecular weight excluding hydrogens is 873 g/mol. The number of unbranched alkanes of at least 4 members (excludes halogenated alkanes) is 26. The molecule has 0 radical (unpaired) electrons. The molecule has 1 atom stereocenters. The summed E-state index contributed by atoms with van der Waals surface area (Å²) < 4.78 is 17.2. The van der Waals surface area contributed by atoms with Crippen molar-refractivity contribution in [3.05, 3.63) is 54.1 Å². The average molecular weight is 982 g/mol. The number of methoxy groups -OCH3 is 1. The fourth-order valence-corrected chi connectivity index (χ4v) is 8.65. The van der Waals surface area contributed by atoms with Gasteiger partial charge in [0.2, 0.25) is 11.8 Å². The first-order valence-electron chi connectivity index (χ1n) is 29.1. The van der Waals surface area contributed by atoms with Gasteiger partial charge in [-0.3, -0.25) is 14.4 Å². The largest absolute Gasteiger partial charge is 0.497 e. The van der Waals surface area contributed by atoms with Gasteiger partial charge in [-0.1, -0.05) is 167 Å². The lowest BCUT2D eigenvalue weighted by Crippen LogP contribution is -2.49. The molecular formula is C60H108N4O6. The van der Waals surface area contributed by atoms with Crippen molar-refractivity contribution in [1.82, 2.24) is 20.9 Å². The molecule has 70 heavy (non-hydrogen) atoms. The molecule has 0 aliphatic heterocycles. The van der Waals surface area contributed by atoms with Crippen LogP contribution < -0.4 is 20.7 Å². The van der Waals surface area contributed by atoms with Crippen molar-refractivity contribution in [2.75, 3.05) is 66.3 Å². The van der Waals surface area contributed by atoms with Crippen LogP contribution in [0.25, 0.3) is 0 Å². The number of carbonyl (C=O) groups excluding carboxylic acids is 3. The van der Waals surface area contributed by atoms with E-state index in [1.54, 1.807) is 31.4 Å². The summed E-state index contributed by atoms with van der Waals surface area (Å²) in [5, 5.41) is 8.96. The molecule has 1 rings (SSSR count). The summed E-state index contributed by atoms with van der Waals surface area (Å²) in [7, 11) is 1.58. The Balaban J connectivity index is 2.38. The molecule has 1 aromatic rings. The third-order valence-corrected chi connectivity index (χ3v) is 13.1. The molecule has 404 valence electrons. The standard InChI is InChI=1S/C60H108N4O6/c1-5-8-10-12-14-16-18-20-22-24-26-28-29-31-33-35-38-50-69-52-40-37-48-64(49-41-53-70-51-39-36-34-32-30-27-25-23-21-19-17-15-13-11-9-6-2)58(65)54-57(61-7-3)60(67)63-47-46-62-59(66)55-42-44-56(68-4)45-43-55/h20-23,42-45,57,61H,5-19,24-41,46-54H2,1-4H3,(H,62,66)(H,63,67). The number of allylic oxidation sites excluding steroid dienone is 4. The van der Waals surface area contributed by atoms with E-state index in [-0.39, 0.29) is 37.2 Å². The minimum Gasteiger partial charge on any atom is -0.497 e. The van der Waals surface area contributed by atoms with E-state index in [2.05, 4.69) is 54.1 Å². The summed E-state index contributed by atoms with van der Waals surface area (Å²) in [6.07, 6.45) is 49.8. The average Bonchev–Trinajstić information content (AvgIpc) is 3.37. The van der Waals surface area contributed by atoms with Gasteiger partial charge in [0, 0.05) is 58.2 Å². The van der Waals surface area contributed by atoms with Gasteiger partial charge in [0.15, 0.2) is 0 Å². The van der Waals surface area contributed by atoms with Crippen molar-refractivity contribution in [2.24, 2.45) is 0 Å². The molecule has 10 nitrogen and oxygen atoms in total. The zero-order chi connectivity index (χ0) is 50.6. The van der Waals surface area contributed by atoms with Gasteiger partial charge >= 0.3 is 0 Å². The number of hydrogen-bond donors (Lipinski definition) is 3. The van der Waals surface area contributed by atoms with E-state index >= 15 is 0 Å². The van der Waals surface area contributed by atoms with Gasteiger partial charge in [-0.2, -0.15) is 0 Å². The minimum absolute atomic E-state index is 0.0388. The SMILES string of the molecule is CCCCCCCCC=CCCCCCCCCCOCCCCN(CCCOCCCCCCCCC=CCCCCCCCC)C(=O)CC(NCC)C(=O)NCCNC(=O)c1ccc(OC)cc1. The zero-order valence-corrected chi connectivity index (χ0v) is 45.8. The number of amides is 3. The number of carbonyl (C=O) groups is 3. The van der Waals surface area contributed by atoms with Crippen LogP contribution >= 0.6 is 0 Å². The zero-order valence-electron chi connectivity index (χ0n) is 45.8. The number of rotatable bonds is 52. The fraction of sp³-hybridized carbons (Fsp3) is 0.783. The Bertz CT molecular complexity index is 1390. The molecule has 10 heteroatoms. The van der Waals surface area contributed by atoms with Gasteiger partial charge in [0.1, 0.15) is 5.75 Å².